The van der Waals surface area contributed by atoms with E-state index in [1.165, 1.54) is 64.5 Å². The highest BCUT2D eigenvalue weighted by atomic mass is 15.0. The summed E-state index contributed by atoms with van der Waals surface area (Å²) in [7, 11) is 0. The maximum Gasteiger partial charge on any atom is 0.0192 e. The molecule has 82 valence electrons. The van der Waals surface area contributed by atoms with Gasteiger partial charge in [0.05, 0.1) is 0 Å². The fourth-order valence-electron chi connectivity index (χ4n) is 2.37. The smallest absolute Gasteiger partial charge is 0.0192 e. The lowest BCUT2D eigenvalue weighted by Gasteiger charge is -2.30. The van der Waals surface area contributed by atoms with Gasteiger partial charge in [-0.05, 0) is 32.2 Å². The molecule has 14 heavy (non-hydrogen) atoms. The van der Waals surface area contributed by atoms with Gasteiger partial charge in [-0.1, -0.05) is 25.7 Å². The van der Waals surface area contributed by atoms with E-state index in [9.17, 15) is 0 Å². The summed E-state index contributed by atoms with van der Waals surface area (Å²) in [4.78, 5) is 0. The van der Waals surface area contributed by atoms with Crippen LogP contribution < -0.4 is 10.6 Å². The van der Waals surface area contributed by atoms with E-state index in [0.717, 1.165) is 12.1 Å². The van der Waals surface area contributed by atoms with Crippen LogP contribution in [-0.2, 0) is 0 Å². The van der Waals surface area contributed by atoms with Crippen molar-refractivity contribution in [3.05, 3.63) is 0 Å². The fourth-order valence-corrected chi connectivity index (χ4v) is 2.37. The first-order valence-corrected chi connectivity index (χ1v) is 6.42. The Morgan fingerprint density at radius 2 is 1.79 bits per heavy atom. The Labute approximate surface area is 87.8 Å². The van der Waals surface area contributed by atoms with E-state index in [-0.39, 0.29) is 0 Å². The Kier molecular flexibility index (Phi) is 4.26. The summed E-state index contributed by atoms with van der Waals surface area (Å²) in [5, 5.41) is 7.34. The van der Waals surface area contributed by atoms with Gasteiger partial charge in [-0.25, -0.2) is 0 Å². The monoisotopic (exact) mass is 196 g/mol. The van der Waals surface area contributed by atoms with E-state index in [0.29, 0.717) is 0 Å². The summed E-state index contributed by atoms with van der Waals surface area (Å²) in [6, 6.07) is 1.60. The second kappa shape index (κ2) is 5.72. The SMILES string of the molecule is C1CCCC(CNC2CCC2)NCC1. The Bertz CT molecular complexity index is 146. The normalized spacial score (nSPS) is 30.4. The van der Waals surface area contributed by atoms with Gasteiger partial charge < -0.3 is 10.6 Å². The highest BCUT2D eigenvalue weighted by molar-refractivity contribution is 4.80. The number of hydrogen-bond acceptors (Lipinski definition) is 2. The number of hydrogen-bond donors (Lipinski definition) is 2. The molecule has 0 amide bonds. The lowest BCUT2D eigenvalue weighted by Crippen LogP contribution is -2.45. The molecule has 2 rings (SSSR count). The molecule has 1 aliphatic carbocycles. The van der Waals surface area contributed by atoms with E-state index in [1.807, 2.05) is 0 Å². The minimum absolute atomic E-state index is 0.746. The van der Waals surface area contributed by atoms with Crippen LogP contribution in [0.1, 0.15) is 51.4 Å². The van der Waals surface area contributed by atoms with E-state index >= 15 is 0 Å². The summed E-state index contributed by atoms with van der Waals surface area (Å²) in [5.41, 5.74) is 0. The van der Waals surface area contributed by atoms with Gasteiger partial charge in [0.1, 0.15) is 0 Å². The second-order valence-electron chi connectivity index (χ2n) is 4.89. The molecule has 2 nitrogen and oxygen atoms in total. The van der Waals surface area contributed by atoms with E-state index in [4.69, 9.17) is 0 Å². The molecule has 2 fully saturated rings. The lowest BCUT2D eigenvalue weighted by molar-refractivity contribution is 0.309. The summed E-state index contributed by atoms with van der Waals surface area (Å²) < 4.78 is 0. The summed E-state index contributed by atoms with van der Waals surface area (Å²) >= 11 is 0. The Hall–Kier alpha value is -0.0800. The molecule has 2 aliphatic rings. The van der Waals surface area contributed by atoms with E-state index < -0.39 is 0 Å². The van der Waals surface area contributed by atoms with Gasteiger partial charge in [-0.15, -0.1) is 0 Å². The van der Waals surface area contributed by atoms with Gasteiger partial charge >= 0.3 is 0 Å². The van der Waals surface area contributed by atoms with Crippen LogP contribution in [0.3, 0.4) is 0 Å². The van der Waals surface area contributed by atoms with Crippen LogP contribution in [0.15, 0.2) is 0 Å². The average molecular weight is 196 g/mol. The standard InChI is InChI=1S/C12H24N2/c1-2-4-9-13-12(6-3-1)10-14-11-7-5-8-11/h11-14H,1-10H2. The molecule has 0 bridgehead atoms. The molecule has 0 aromatic rings. The molecular weight excluding hydrogens is 172 g/mol. The molecule has 0 radical (unpaired) electrons. The average Bonchev–Trinajstić information content (AvgIpc) is 2.05. The van der Waals surface area contributed by atoms with E-state index in [2.05, 4.69) is 10.6 Å². The molecule has 1 unspecified atom stereocenters. The van der Waals surface area contributed by atoms with Crippen molar-refractivity contribution >= 4 is 0 Å². The largest absolute Gasteiger partial charge is 0.313 e. The molecule has 1 saturated heterocycles. The number of rotatable bonds is 3. The molecule has 0 aromatic heterocycles. The predicted molar refractivity (Wildman–Crippen MR) is 60.5 cm³/mol. The Balaban J connectivity index is 1.61. The van der Waals surface area contributed by atoms with Gasteiger partial charge in [-0.3, -0.25) is 0 Å². The molecule has 1 heterocycles. The molecular formula is C12H24N2. The zero-order valence-corrected chi connectivity index (χ0v) is 9.23. The third-order valence-corrected chi connectivity index (χ3v) is 3.67. The Morgan fingerprint density at radius 3 is 2.57 bits per heavy atom. The van der Waals surface area contributed by atoms with Crippen LogP contribution in [0, 0.1) is 0 Å². The van der Waals surface area contributed by atoms with Crippen LogP contribution in [-0.4, -0.2) is 25.2 Å². The van der Waals surface area contributed by atoms with Crippen molar-refractivity contribution in [1.82, 2.24) is 10.6 Å². The van der Waals surface area contributed by atoms with Gasteiger partial charge in [-0.2, -0.15) is 0 Å². The number of nitrogens with one attached hydrogen (secondary N) is 2. The summed E-state index contributed by atoms with van der Waals surface area (Å²) in [6.07, 6.45) is 11.3. The lowest BCUT2D eigenvalue weighted by atomic mass is 9.92. The maximum absolute atomic E-state index is 3.67. The van der Waals surface area contributed by atoms with Crippen molar-refractivity contribution in [1.29, 1.82) is 0 Å². The fraction of sp³-hybridized carbons (Fsp3) is 1.00. The molecule has 2 heteroatoms. The van der Waals surface area contributed by atoms with Gasteiger partial charge in [0, 0.05) is 18.6 Å². The van der Waals surface area contributed by atoms with Gasteiger partial charge in [0.15, 0.2) is 0 Å². The maximum atomic E-state index is 3.67. The summed E-state index contributed by atoms with van der Waals surface area (Å²) in [6.45, 7) is 2.43. The van der Waals surface area contributed by atoms with Crippen molar-refractivity contribution in [3.63, 3.8) is 0 Å². The zero-order chi connectivity index (χ0) is 9.64. The molecule has 0 spiro atoms. The minimum Gasteiger partial charge on any atom is -0.313 e. The molecule has 1 aliphatic heterocycles. The van der Waals surface area contributed by atoms with Crippen LogP contribution in [0.2, 0.25) is 0 Å². The third kappa shape index (κ3) is 3.25. The van der Waals surface area contributed by atoms with Gasteiger partial charge in [0.25, 0.3) is 0 Å². The molecule has 1 saturated carbocycles. The molecule has 2 N–H and O–H groups in total. The Morgan fingerprint density at radius 1 is 0.929 bits per heavy atom. The van der Waals surface area contributed by atoms with Gasteiger partial charge in [0.2, 0.25) is 0 Å². The highest BCUT2D eigenvalue weighted by Gasteiger charge is 2.18. The third-order valence-electron chi connectivity index (χ3n) is 3.67. The van der Waals surface area contributed by atoms with Crippen LogP contribution >= 0.6 is 0 Å². The highest BCUT2D eigenvalue weighted by Crippen LogP contribution is 2.18. The van der Waals surface area contributed by atoms with E-state index in [1.54, 1.807) is 0 Å². The predicted octanol–water partition coefficient (Wildman–Crippen LogP) is 2.05. The van der Waals surface area contributed by atoms with Crippen molar-refractivity contribution in [2.24, 2.45) is 0 Å². The topological polar surface area (TPSA) is 24.1 Å². The van der Waals surface area contributed by atoms with Crippen LogP contribution in [0.25, 0.3) is 0 Å². The first kappa shape index (κ1) is 10.4. The molecule has 1 atom stereocenters. The second-order valence-corrected chi connectivity index (χ2v) is 4.89. The first-order valence-electron chi connectivity index (χ1n) is 6.42. The van der Waals surface area contributed by atoms with Crippen molar-refractivity contribution in [3.8, 4) is 0 Å². The van der Waals surface area contributed by atoms with Crippen molar-refractivity contribution in [2.75, 3.05) is 13.1 Å². The summed E-state index contributed by atoms with van der Waals surface area (Å²) in [5.74, 6) is 0. The first-order chi connectivity index (χ1) is 6.95. The zero-order valence-electron chi connectivity index (χ0n) is 9.23. The minimum atomic E-state index is 0.746. The van der Waals surface area contributed by atoms with Crippen molar-refractivity contribution in [2.45, 2.75) is 63.5 Å². The van der Waals surface area contributed by atoms with Crippen molar-refractivity contribution < 1.29 is 0 Å². The quantitative estimate of drug-likeness (QED) is 0.722. The molecule has 0 aromatic carbocycles. The van der Waals surface area contributed by atoms with Crippen LogP contribution in [0.4, 0.5) is 0 Å². The van der Waals surface area contributed by atoms with Crippen LogP contribution in [0.5, 0.6) is 0 Å².